The fourth-order valence-electron chi connectivity index (χ4n) is 3.25. The normalized spacial score (nSPS) is 14.8. The predicted octanol–water partition coefficient (Wildman–Crippen LogP) is 3.10. The van der Waals surface area contributed by atoms with E-state index in [2.05, 4.69) is 15.3 Å². The molecule has 0 saturated heterocycles. The first-order valence-electron chi connectivity index (χ1n) is 9.40. The second-order valence-electron chi connectivity index (χ2n) is 7.18. The summed E-state index contributed by atoms with van der Waals surface area (Å²) >= 11 is 1.26. The van der Waals surface area contributed by atoms with E-state index in [0.717, 1.165) is 5.56 Å². The van der Waals surface area contributed by atoms with Crippen LogP contribution in [-0.4, -0.2) is 32.2 Å². The molecule has 144 valence electrons. The Morgan fingerprint density at radius 2 is 2.07 bits per heavy atom. The minimum Gasteiger partial charge on any atom is -0.353 e. The van der Waals surface area contributed by atoms with Crippen LogP contribution < -0.4 is 10.9 Å². The maximum Gasteiger partial charge on any atom is 0.267 e. The number of rotatable bonds is 6. The Labute approximate surface area is 167 Å². The molecule has 1 aliphatic rings. The number of aromatic nitrogens is 3. The molecule has 7 heteroatoms. The molecule has 1 aromatic carbocycles. The summed E-state index contributed by atoms with van der Waals surface area (Å²) in [5, 5.41) is 4.05. The molecule has 1 amide bonds. The Hall–Kier alpha value is -2.67. The molecule has 2 heterocycles. The van der Waals surface area contributed by atoms with Crippen LogP contribution in [0.2, 0.25) is 0 Å². The zero-order valence-corrected chi connectivity index (χ0v) is 16.7. The maximum absolute atomic E-state index is 13.2. The number of amides is 1. The summed E-state index contributed by atoms with van der Waals surface area (Å²) in [6, 6.07) is 11.2. The van der Waals surface area contributed by atoms with Crippen LogP contribution in [0.25, 0.3) is 16.7 Å². The fraction of sp³-hybridized carbons (Fsp3) is 0.333. The van der Waals surface area contributed by atoms with Crippen molar-refractivity contribution in [2.75, 3.05) is 5.75 Å². The van der Waals surface area contributed by atoms with Crippen LogP contribution in [-0.2, 0) is 4.79 Å². The van der Waals surface area contributed by atoms with Gasteiger partial charge in [-0.1, -0.05) is 30.0 Å². The van der Waals surface area contributed by atoms with Crippen molar-refractivity contribution in [3.8, 4) is 5.82 Å². The lowest BCUT2D eigenvalue weighted by Gasteiger charge is -2.15. The summed E-state index contributed by atoms with van der Waals surface area (Å²) in [7, 11) is 0. The van der Waals surface area contributed by atoms with E-state index in [0.29, 0.717) is 27.8 Å². The average molecular weight is 395 g/mol. The van der Waals surface area contributed by atoms with E-state index in [4.69, 9.17) is 0 Å². The van der Waals surface area contributed by atoms with Crippen LogP contribution in [0.1, 0.15) is 25.3 Å². The first-order valence-corrected chi connectivity index (χ1v) is 10.4. The lowest BCUT2D eigenvalue weighted by molar-refractivity contribution is -0.119. The van der Waals surface area contributed by atoms with E-state index in [-0.39, 0.29) is 23.3 Å². The number of hydrogen-bond donors (Lipinski definition) is 1. The molecule has 1 aliphatic carbocycles. The lowest BCUT2D eigenvalue weighted by Crippen LogP contribution is -2.35. The van der Waals surface area contributed by atoms with Gasteiger partial charge in [0, 0.05) is 12.2 Å². The van der Waals surface area contributed by atoms with Crippen LogP contribution in [0.3, 0.4) is 0 Å². The van der Waals surface area contributed by atoms with Crippen LogP contribution in [0.5, 0.6) is 0 Å². The van der Waals surface area contributed by atoms with Gasteiger partial charge in [-0.25, -0.2) is 14.5 Å². The highest BCUT2D eigenvalue weighted by Crippen LogP contribution is 2.32. The minimum absolute atomic E-state index is 0.0453. The number of pyridine rings is 1. The number of benzene rings is 1. The molecule has 0 unspecified atom stereocenters. The van der Waals surface area contributed by atoms with Crippen LogP contribution >= 0.6 is 11.8 Å². The highest BCUT2D eigenvalue weighted by atomic mass is 32.2. The van der Waals surface area contributed by atoms with Gasteiger partial charge in [-0.15, -0.1) is 0 Å². The van der Waals surface area contributed by atoms with Gasteiger partial charge in [-0.2, -0.15) is 0 Å². The molecule has 3 aromatic rings. The van der Waals surface area contributed by atoms with Gasteiger partial charge < -0.3 is 5.32 Å². The van der Waals surface area contributed by atoms with Gasteiger partial charge in [0.05, 0.1) is 16.7 Å². The number of thioether (sulfide) groups is 1. The van der Waals surface area contributed by atoms with Crippen LogP contribution in [0, 0.1) is 12.8 Å². The number of hydrogen-bond acceptors (Lipinski definition) is 5. The third-order valence-electron chi connectivity index (χ3n) is 4.99. The number of para-hydroxylation sites is 1. The molecule has 0 spiro atoms. The van der Waals surface area contributed by atoms with Crippen molar-refractivity contribution in [2.45, 2.75) is 37.9 Å². The molecule has 1 saturated carbocycles. The summed E-state index contributed by atoms with van der Waals surface area (Å²) in [5.41, 5.74) is 1.31. The van der Waals surface area contributed by atoms with E-state index in [1.165, 1.54) is 29.2 Å². The Kier molecular flexibility index (Phi) is 5.17. The summed E-state index contributed by atoms with van der Waals surface area (Å²) < 4.78 is 1.51. The van der Waals surface area contributed by atoms with Gasteiger partial charge in [-0.3, -0.25) is 9.59 Å². The largest absolute Gasteiger partial charge is 0.353 e. The van der Waals surface area contributed by atoms with Crippen LogP contribution in [0.15, 0.2) is 52.5 Å². The number of nitrogens with zero attached hydrogens (tertiary/aromatic N) is 3. The van der Waals surface area contributed by atoms with Gasteiger partial charge in [0.2, 0.25) is 5.91 Å². The monoisotopic (exact) mass is 394 g/mol. The third kappa shape index (κ3) is 3.80. The molecule has 0 bridgehead atoms. The first-order chi connectivity index (χ1) is 13.5. The number of aryl methyl sites for hydroxylation is 1. The molecule has 1 N–H and O–H groups in total. The summed E-state index contributed by atoms with van der Waals surface area (Å²) in [4.78, 5) is 34.6. The van der Waals surface area contributed by atoms with Crippen molar-refractivity contribution in [1.82, 2.24) is 19.9 Å². The molecule has 1 fully saturated rings. The Morgan fingerprint density at radius 1 is 1.29 bits per heavy atom. The topological polar surface area (TPSA) is 76.9 Å². The summed E-state index contributed by atoms with van der Waals surface area (Å²) in [5.74, 6) is 1.30. The van der Waals surface area contributed by atoms with Gasteiger partial charge in [0.15, 0.2) is 5.16 Å². The zero-order chi connectivity index (χ0) is 19.7. The lowest BCUT2D eigenvalue weighted by atomic mass is 10.2. The Morgan fingerprint density at radius 3 is 2.82 bits per heavy atom. The first kappa shape index (κ1) is 18.7. The van der Waals surface area contributed by atoms with Crippen molar-refractivity contribution in [2.24, 2.45) is 5.92 Å². The molecule has 6 nitrogen and oxygen atoms in total. The summed E-state index contributed by atoms with van der Waals surface area (Å²) in [6.45, 7) is 3.95. The van der Waals surface area contributed by atoms with Gasteiger partial charge in [0.25, 0.3) is 5.56 Å². The smallest absolute Gasteiger partial charge is 0.267 e. The molecule has 4 rings (SSSR count). The third-order valence-corrected chi connectivity index (χ3v) is 5.93. The quantitative estimate of drug-likeness (QED) is 0.514. The average Bonchev–Trinajstić information content (AvgIpc) is 3.53. The molecular weight excluding hydrogens is 372 g/mol. The number of nitrogens with one attached hydrogen (secondary N) is 1. The van der Waals surface area contributed by atoms with E-state index in [1.54, 1.807) is 12.3 Å². The van der Waals surface area contributed by atoms with Crippen molar-refractivity contribution < 1.29 is 4.79 Å². The maximum atomic E-state index is 13.2. The minimum atomic E-state index is -0.179. The van der Waals surface area contributed by atoms with Crippen molar-refractivity contribution in [3.63, 3.8) is 0 Å². The van der Waals surface area contributed by atoms with Gasteiger partial charge >= 0.3 is 0 Å². The van der Waals surface area contributed by atoms with E-state index < -0.39 is 0 Å². The van der Waals surface area contributed by atoms with Gasteiger partial charge in [-0.05, 0) is 56.4 Å². The molecule has 1 atom stereocenters. The number of fused-ring (bicyclic) bond motifs is 1. The predicted molar refractivity (Wildman–Crippen MR) is 111 cm³/mol. The molecule has 2 aromatic heterocycles. The molecular formula is C21H22N4O2S. The van der Waals surface area contributed by atoms with E-state index in [9.17, 15) is 9.59 Å². The van der Waals surface area contributed by atoms with E-state index >= 15 is 0 Å². The highest BCUT2D eigenvalue weighted by Gasteiger charge is 2.29. The molecule has 0 radical (unpaired) electrons. The second-order valence-corrected chi connectivity index (χ2v) is 8.12. The SMILES string of the molecule is Cc1cccnc1-n1c(SCC(=O)N[C@H](C)C2CC2)nc2ccccc2c1=O. The molecule has 28 heavy (non-hydrogen) atoms. The summed E-state index contributed by atoms with van der Waals surface area (Å²) in [6.07, 6.45) is 4.01. The fourth-order valence-corrected chi connectivity index (χ4v) is 4.05. The van der Waals surface area contributed by atoms with Crippen molar-refractivity contribution in [1.29, 1.82) is 0 Å². The van der Waals surface area contributed by atoms with E-state index in [1.807, 2.05) is 44.2 Å². The molecule has 0 aliphatic heterocycles. The highest BCUT2D eigenvalue weighted by molar-refractivity contribution is 7.99. The Bertz CT molecular complexity index is 1090. The van der Waals surface area contributed by atoms with Gasteiger partial charge in [0.1, 0.15) is 5.82 Å². The number of carbonyl (C=O) groups is 1. The second kappa shape index (κ2) is 7.75. The number of carbonyl (C=O) groups excluding carboxylic acids is 1. The Balaban J connectivity index is 1.70. The van der Waals surface area contributed by atoms with Crippen molar-refractivity contribution in [3.05, 3.63) is 58.5 Å². The zero-order valence-electron chi connectivity index (χ0n) is 15.9. The van der Waals surface area contributed by atoms with Crippen LogP contribution in [0.4, 0.5) is 0 Å². The van der Waals surface area contributed by atoms with Crippen molar-refractivity contribution >= 4 is 28.6 Å². The standard InChI is InChI=1S/C21H22N4O2S/c1-13-6-5-11-22-19(13)25-20(27)16-7-3-4-8-17(16)24-21(25)28-12-18(26)23-14(2)15-9-10-15/h3-8,11,14-15H,9-10,12H2,1-2H3,(H,23,26)/t14-/m1/s1.